The molecule has 2 amide bonds. The zero-order valence-electron chi connectivity index (χ0n) is 15.3. The van der Waals surface area contributed by atoms with Gasteiger partial charge in [0.1, 0.15) is 0 Å². The molecule has 0 saturated carbocycles. The van der Waals surface area contributed by atoms with E-state index >= 15 is 0 Å². The third-order valence-corrected chi connectivity index (χ3v) is 5.20. The van der Waals surface area contributed by atoms with Crippen LogP contribution in [0.25, 0.3) is 0 Å². The summed E-state index contributed by atoms with van der Waals surface area (Å²) in [5, 5.41) is 6.39. The lowest BCUT2D eigenvalue weighted by Crippen LogP contribution is -2.42. The fraction of sp³-hybridized carbons (Fsp3) is 0.600. The molecule has 0 bridgehead atoms. The van der Waals surface area contributed by atoms with E-state index in [0.717, 1.165) is 55.7 Å². The second-order valence-corrected chi connectivity index (χ2v) is 7.60. The van der Waals surface area contributed by atoms with Crippen LogP contribution in [0.15, 0.2) is 18.2 Å². The standard InChI is InChI=1S/C20H29N3O2/c1-14(2)21-13-15-7-9-23(10-8-15)20(25)12-16-3-5-18-17(11-16)4-6-19(24)22-18/h3,5,11,14-15,21H,4,6-10,12-13H2,1-2H3,(H,22,24). The predicted octanol–water partition coefficient (Wildman–Crippen LogP) is 2.35. The van der Waals surface area contributed by atoms with Gasteiger partial charge in [0.15, 0.2) is 0 Å². The molecule has 0 radical (unpaired) electrons. The first-order chi connectivity index (χ1) is 12.0. The molecule has 1 saturated heterocycles. The number of rotatable bonds is 5. The molecule has 25 heavy (non-hydrogen) atoms. The van der Waals surface area contributed by atoms with Crippen molar-refractivity contribution in [2.24, 2.45) is 5.92 Å². The highest BCUT2D eigenvalue weighted by Crippen LogP contribution is 2.24. The molecular formula is C20H29N3O2. The molecule has 0 aromatic heterocycles. The molecule has 2 aliphatic rings. The average molecular weight is 343 g/mol. The fourth-order valence-electron chi connectivity index (χ4n) is 3.62. The van der Waals surface area contributed by atoms with Crippen molar-refractivity contribution in [1.82, 2.24) is 10.2 Å². The van der Waals surface area contributed by atoms with E-state index in [-0.39, 0.29) is 11.8 Å². The van der Waals surface area contributed by atoms with Gasteiger partial charge in [-0.3, -0.25) is 9.59 Å². The first kappa shape index (κ1) is 17.9. The van der Waals surface area contributed by atoms with E-state index in [4.69, 9.17) is 0 Å². The van der Waals surface area contributed by atoms with Crippen LogP contribution in [-0.2, 0) is 22.4 Å². The van der Waals surface area contributed by atoms with Gasteiger partial charge in [-0.15, -0.1) is 0 Å². The Morgan fingerprint density at radius 3 is 2.76 bits per heavy atom. The first-order valence-corrected chi connectivity index (χ1v) is 9.44. The Hall–Kier alpha value is -1.88. The Kier molecular flexibility index (Phi) is 5.74. The summed E-state index contributed by atoms with van der Waals surface area (Å²) in [7, 11) is 0. The number of likely N-dealkylation sites (tertiary alicyclic amines) is 1. The van der Waals surface area contributed by atoms with E-state index in [1.807, 2.05) is 17.0 Å². The number of nitrogens with one attached hydrogen (secondary N) is 2. The molecule has 1 aromatic carbocycles. The molecule has 5 nitrogen and oxygen atoms in total. The van der Waals surface area contributed by atoms with Crippen LogP contribution in [0.1, 0.15) is 44.2 Å². The van der Waals surface area contributed by atoms with Crippen LogP contribution >= 0.6 is 0 Å². The lowest BCUT2D eigenvalue weighted by atomic mass is 9.95. The van der Waals surface area contributed by atoms with Crippen LogP contribution in [0.5, 0.6) is 0 Å². The molecule has 1 fully saturated rings. The van der Waals surface area contributed by atoms with Crippen LogP contribution in [-0.4, -0.2) is 42.4 Å². The molecule has 1 aromatic rings. The number of anilines is 1. The third kappa shape index (κ3) is 4.82. The van der Waals surface area contributed by atoms with Gasteiger partial charge < -0.3 is 15.5 Å². The molecule has 2 aliphatic heterocycles. The maximum absolute atomic E-state index is 12.6. The summed E-state index contributed by atoms with van der Waals surface area (Å²) < 4.78 is 0. The molecule has 2 N–H and O–H groups in total. The normalized spacial score (nSPS) is 18.2. The van der Waals surface area contributed by atoms with Crippen LogP contribution < -0.4 is 10.6 Å². The third-order valence-electron chi connectivity index (χ3n) is 5.20. The van der Waals surface area contributed by atoms with E-state index in [9.17, 15) is 9.59 Å². The summed E-state index contributed by atoms with van der Waals surface area (Å²) in [4.78, 5) is 26.0. The van der Waals surface area contributed by atoms with Crippen molar-refractivity contribution in [3.63, 3.8) is 0 Å². The number of hydrogen-bond acceptors (Lipinski definition) is 3. The number of fused-ring (bicyclic) bond motifs is 1. The largest absolute Gasteiger partial charge is 0.342 e. The Bertz CT molecular complexity index is 634. The van der Waals surface area contributed by atoms with Gasteiger partial charge in [-0.05, 0) is 48.9 Å². The molecule has 0 unspecified atom stereocenters. The van der Waals surface area contributed by atoms with E-state index in [1.165, 1.54) is 0 Å². The van der Waals surface area contributed by atoms with Gasteiger partial charge in [0.2, 0.25) is 11.8 Å². The van der Waals surface area contributed by atoms with Gasteiger partial charge >= 0.3 is 0 Å². The van der Waals surface area contributed by atoms with E-state index in [0.29, 0.717) is 24.8 Å². The van der Waals surface area contributed by atoms with Gasteiger partial charge in [0.25, 0.3) is 0 Å². The zero-order valence-corrected chi connectivity index (χ0v) is 15.3. The lowest BCUT2D eigenvalue weighted by Gasteiger charge is -2.32. The average Bonchev–Trinajstić information content (AvgIpc) is 2.60. The van der Waals surface area contributed by atoms with Gasteiger partial charge in [-0.25, -0.2) is 0 Å². The Morgan fingerprint density at radius 2 is 2.04 bits per heavy atom. The van der Waals surface area contributed by atoms with Crippen LogP contribution in [0.4, 0.5) is 5.69 Å². The van der Waals surface area contributed by atoms with Crippen molar-refractivity contribution in [2.75, 3.05) is 25.0 Å². The SMILES string of the molecule is CC(C)NCC1CCN(C(=O)Cc2ccc3c(c2)CCC(=O)N3)CC1. The Balaban J connectivity index is 1.51. The molecule has 2 heterocycles. The van der Waals surface area contributed by atoms with Crippen LogP contribution in [0.2, 0.25) is 0 Å². The predicted molar refractivity (Wildman–Crippen MR) is 99.5 cm³/mol. The summed E-state index contributed by atoms with van der Waals surface area (Å²) >= 11 is 0. The number of piperidine rings is 1. The maximum Gasteiger partial charge on any atom is 0.226 e. The Labute approximate surface area is 150 Å². The summed E-state index contributed by atoms with van der Waals surface area (Å²) in [6.07, 6.45) is 3.92. The smallest absolute Gasteiger partial charge is 0.226 e. The number of hydrogen-bond donors (Lipinski definition) is 2. The van der Waals surface area contributed by atoms with Crippen molar-refractivity contribution in [1.29, 1.82) is 0 Å². The highest BCUT2D eigenvalue weighted by atomic mass is 16.2. The van der Waals surface area contributed by atoms with Gasteiger partial charge in [0.05, 0.1) is 6.42 Å². The molecule has 0 atom stereocenters. The van der Waals surface area contributed by atoms with Crippen molar-refractivity contribution in [2.45, 2.75) is 52.0 Å². The second-order valence-electron chi connectivity index (χ2n) is 7.60. The molecule has 0 aliphatic carbocycles. The lowest BCUT2D eigenvalue weighted by molar-refractivity contribution is -0.131. The molecule has 0 spiro atoms. The minimum atomic E-state index is 0.0751. The number of carbonyl (C=O) groups is 2. The summed E-state index contributed by atoms with van der Waals surface area (Å²) in [6.45, 7) is 7.12. The van der Waals surface area contributed by atoms with E-state index in [1.54, 1.807) is 0 Å². The minimum absolute atomic E-state index is 0.0751. The highest BCUT2D eigenvalue weighted by Gasteiger charge is 2.23. The topological polar surface area (TPSA) is 61.4 Å². The van der Waals surface area contributed by atoms with Crippen molar-refractivity contribution >= 4 is 17.5 Å². The number of benzene rings is 1. The Morgan fingerprint density at radius 1 is 1.28 bits per heavy atom. The second kappa shape index (κ2) is 8.00. The van der Waals surface area contributed by atoms with Crippen LogP contribution in [0.3, 0.4) is 0 Å². The first-order valence-electron chi connectivity index (χ1n) is 9.44. The van der Waals surface area contributed by atoms with Crippen LogP contribution in [0, 0.1) is 5.92 Å². The molecule has 136 valence electrons. The minimum Gasteiger partial charge on any atom is -0.342 e. The number of nitrogens with zero attached hydrogens (tertiary/aromatic N) is 1. The number of carbonyl (C=O) groups excluding carboxylic acids is 2. The maximum atomic E-state index is 12.6. The molecule has 3 rings (SSSR count). The summed E-state index contributed by atoms with van der Waals surface area (Å²) in [6, 6.07) is 6.49. The summed E-state index contributed by atoms with van der Waals surface area (Å²) in [5.41, 5.74) is 3.08. The fourth-order valence-corrected chi connectivity index (χ4v) is 3.62. The van der Waals surface area contributed by atoms with Gasteiger partial charge in [-0.2, -0.15) is 0 Å². The van der Waals surface area contributed by atoms with Gasteiger partial charge in [-0.1, -0.05) is 26.0 Å². The monoisotopic (exact) mass is 343 g/mol. The van der Waals surface area contributed by atoms with Crippen molar-refractivity contribution in [3.05, 3.63) is 29.3 Å². The number of aryl methyl sites for hydroxylation is 1. The quantitative estimate of drug-likeness (QED) is 0.863. The van der Waals surface area contributed by atoms with Crippen molar-refractivity contribution in [3.8, 4) is 0 Å². The van der Waals surface area contributed by atoms with Crippen molar-refractivity contribution < 1.29 is 9.59 Å². The summed E-state index contributed by atoms with van der Waals surface area (Å²) in [5.74, 6) is 0.972. The molecular weight excluding hydrogens is 314 g/mol. The number of amides is 2. The highest BCUT2D eigenvalue weighted by molar-refractivity contribution is 5.94. The van der Waals surface area contributed by atoms with E-state index < -0.39 is 0 Å². The van der Waals surface area contributed by atoms with E-state index in [2.05, 4.69) is 30.5 Å². The van der Waals surface area contributed by atoms with Gasteiger partial charge in [0, 0.05) is 31.2 Å². The molecule has 5 heteroatoms. The zero-order chi connectivity index (χ0) is 17.8.